The Kier molecular flexibility index (Phi) is 5.82. The first kappa shape index (κ1) is 15.5. The molecule has 0 fully saturated rings. The zero-order valence-corrected chi connectivity index (χ0v) is 12.1. The number of carboxylic acid groups (broad SMARTS) is 1. The summed E-state index contributed by atoms with van der Waals surface area (Å²) < 4.78 is 5.41. The van der Waals surface area contributed by atoms with Crippen LogP contribution in [0.2, 0.25) is 0 Å². The minimum atomic E-state index is -1.04. The molecule has 6 heteroatoms. The largest absolute Gasteiger partial charge is 0.479 e. The number of carbonyl (C=O) groups excluding carboxylic acids is 1. The fourth-order valence-corrected chi connectivity index (χ4v) is 2.32. The summed E-state index contributed by atoms with van der Waals surface area (Å²) in [7, 11) is 0. The molecule has 1 amide bonds. The Morgan fingerprint density at radius 3 is 2.74 bits per heavy atom. The van der Waals surface area contributed by atoms with Crippen molar-refractivity contribution in [2.24, 2.45) is 0 Å². The van der Waals surface area contributed by atoms with Gasteiger partial charge in [0.25, 0.3) is 5.91 Å². The number of nitrogens with one attached hydrogen (secondary N) is 1. The van der Waals surface area contributed by atoms with Crippen LogP contribution in [0.4, 0.5) is 0 Å². The van der Waals surface area contributed by atoms with E-state index in [0.29, 0.717) is 0 Å². The van der Waals surface area contributed by atoms with Gasteiger partial charge in [-0.3, -0.25) is 4.79 Å². The highest BCUT2D eigenvalue weighted by Crippen LogP contribution is 2.25. The van der Waals surface area contributed by atoms with Crippen LogP contribution in [0.25, 0.3) is 0 Å². The predicted octanol–water partition coefficient (Wildman–Crippen LogP) is 2.52. The van der Waals surface area contributed by atoms with E-state index < -0.39 is 12.1 Å². The van der Waals surface area contributed by atoms with Gasteiger partial charge < -0.3 is 15.2 Å². The lowest BCUT2D eigenvalue weighted by Crippen LogP contribution is -2.41. The lowest BCUT2D eigenvalue weighted by molar-refractivity contribution is -0.127. The molecule has 0 aliphatic heterocycles. The first-order valence-electron chi connectivity index (χ1n) is 6.23. The number of ether oxygens (including phenoxy) is 1. The number of carbonyl (C=O) groups is 2. The molecule has 2 unspecified atom stereocenters. The van der Waals surface area contributed by atoms with Crippen molar-refractivity contribution in [3.63, 3.8) is 0 Å². The molecule has 2 atom stereocenters. The van der Waals surface area contributed by atoms with Crippen LogP contribution in [0.5, 0.6) is 5.75 Å². The molecular weight excluding hydrogens is 266 g/mol. The average Bonchev–Trinajstić information content (AvgIpc) is 2.77. The first-order chi connectivity index (χ1) is 8.95. The summed E-state index contributed by atoms with van der Waals surface area (Å²) in [6.07, 6.45) is 1.17. The Morgan fingerprint density at radius 2 is 2.16 bits per heavy atom. The highest BCUT2D eigenvalue weighted by atomic mass is 32.1. The maximum Gasteiger partial charge on any atom is 0.349 e. The first-order valence-corrected chi connectivity index (χ1v) is 7.11. The van der Waals surface area contributed by atoms with E-state index in [1.807, 2.05) is 13.8 Å². The fourth-order valence-electron chi connectivity index (χ4n) is 1.66. The Labute approximate surface area is 116 Å². The van der Waals surface area contributed by atoms with E-state index in [9.17, 15) is 9.59 Å². The molecule has 1 heterocycles. The molecule has 0 spiro atoms. The highest BCUT2D eigenvalue weighted by molar-refractivity contribution is 7.12. The number of rotatable bonds is 7. The third-order valence-corrected chi connectivity index (χ3v) is 3.49. The number of carboxylic acids is 1. The molecule has 1 aromatic heterocycles. The topological polar surface area (TPSA) is 75.6 Å². The van der Waals surface area contributed by atoms with Crippen molar-refractivity contribution in [1.82, 2.24) is 5.32 Å². The van der Waals surface area contributed by atoms with Crippen LogP contribution < -0.4 is 10.1 Å². The standard InChI is InChI=1S/C13H19NO4S/c1-4-5-8(2)14-12(15)9(3)18-10-6-7-19-11(10)13(16)17/h6-9H,4-5H2,1-3H3,(H,14,15)(H,16,17). The Hall–Kier alpha value is -1.56. The predicted molar refractivity (Wildman–Crippen MR) is 73.9 cm³/mol. The summed E-state index contributed by atoms with van der Waals surface area (Å²) in [5.41, 5.74) is 0. The number of thiophene rings is 1. The molecule has 0 aliphatic carbocycles. The highest BCUT2D eigenvalue weighted by Gasteiger charge is 2.20. The molecule has 5 nitrogen and oxygen atoms in total. The van der Waals surface area contributed by atoms with Crippen molar-refractivity contribution in [3.8, 4) is 5.75 Å². The second-order valence-corrected chi connectivity index (χ2v) is 5.29. The van der Waals surface area contributed by atoms with Crippen molar-refractivity contribution in [1.29, 1.82) is 0 Å². The van der Waals surface area contributed by atoms with Gasteiger partial charge in [-0.25, -0.2) is 4.79 Å². The van der Waals surface area contributed by atoms with Gasteiger partial charge in [0.05, 0.1) is 0 Å². The van der Waals surface area contributed by atoms with Gasteiger partial charge in [-0.15, -0.1) is 11.3 Å². The summed E-state index contributed by atoms with van der Waals surface area (Å²) in [5, 5.41) is 13.4. The van der Waals surface area contributed by atoms with E-state index in [2.05, 4.69) is 5.32 Å². The van der Waals surface area contributed by atoms with E-state index in [0.717, 1.165) is 24.2 Å². The van der Waals surface area contributed by atoms with Crippen LogP contribution in [-0.4, -0.2) is 29.1 Å². The monoisotopic (exact) mass is 285 g/mol. The number of hydrogen-bond acceptors (Lipinski definition) is 4. The molecule has 2 N–H and O–H groups in total. The van der Waals surface area contributed by atoms with E-state index in [1.54, 1.807) is 18.4 Å². The average molecular weight is 285 g/mol. The maximum atomic E-state index is 11.9. The molecule has 106 valence electrons. The molecule has 1 rings (SSSR count). The Morgan fingerprint density at radius 1 is 1.47 bits per heavy atom. The summed E-state index contributed by atoms with van der Waals surface area (Å²) in [6.45, 7) is 5.59. The second-order valence-electron chi connectivity index (χ2n) is 4.38. The zero-order valence-electron chi connectivity index (χ0n) is 11.3. The smallest absolute Gasteiger partial charge is 0.349 e. The van der Waals surface area contributed by atoms with Gasteiger partial charge in [-0.05, 0) is 31.7 Å². The maximum absolute atomic E-state index is 11.9. The molecule has 0 bridgehead atoms. The van der Waals surface area contributed by atoms with Crippen molar-refractivity contribution in [3.05, 3.63) is 16.3 Å². The third kappa shape index (κ3) is 4.55. The van der Waals surface area contributed by atoms with Crippen LogP contribution >= 0.6 is 11.3 Å². The van der Waals surface area contributed by atoms with Gasteiger partial charge in [0.15, 0.2) is 11.0 Å². The van der Waals surface area contributed by atoms with Gasteiger partial charge in [0.2, 0.25) is 0 Å². The van der Waals surface area contributed by atoms with E-state index in [1.165, 1.54) is 0 Å². The minimum Gasteiger partial charge on any atom is -0.479 e. The van der Waals surface area contributed by atoms with Gasteiger partial charge >= 0.3 is 5.97 Å². The fraction of sp³-hybridized carbons (Fsp3) is 0.538. The molecule has 1 aromatic rings. The molecular formula is C13H19NO4S. The molecule has 0 saturated carbocycles. The number of aromatic carboxylic acids is 1. The van der Waals surface area contributed by atoms with Crippen molar-refractivity contribution in [2.75, 3.05) is 0 Å². The Balaban J connectivity index is 2.59. The zero-order chi connectivity index (χ0) is 14.4. The molecule has 0 radical (unpaired) electrons. The van der Waals surface area contributed by atoms with Crippen LogP contribution in [0.3, 0.4) is 0 Å². The van der Waals surface area contributed by atoms with E-state index >= 15 is 0 Å². The third-order valence-electron chi connectivity index (χ3n) is 2.61. The van der Waals surface area contributed by atoms with Crippen LogP contribution in [0.15, 0.2) is 11.4 Å². The van der Waals surface area contributed by atoms with E-state index in [-0.39, 0.29) is 22.6 Å². The van der Waals surface area contributed by atoms with Crippen LogP contribution in [0.1, 0.15) is 43.3 Å². The van der Waals surface area contributed by atoms with Crippen molar-refractivity contribution in [2.45, 2.75) is 45.8 Å². The van der Waals surface area contributed by atoms with Gasteiger partial charge in [0, 0.05) is 6.04 Å². The summed E-state index contributed by atoms with van der Waals surface area (Å²) in [6, 6.07) is 1.65. The SMILES string of the molecule is CCCC(C)NC(=O)C(C)Oc1ccsc1C(=O)O. The second kappa shape index (κ2) is 7.13. The summed E-state index contributed by atoms with van der Waals surface area (Å²) in [5.74, 6) is -1.04. The lowest BCUT2D eigenvalue weighted by Gasteiger charge is -2.18. The van der Waals surface area contributed by atoms with Crippen LogP contribution in [-0.2, 0) is 4.79 Å². The minimum absolute atomic E-state index is 0.0879. The number of amides is 1. The normalized spacial score (nSPS) is 13.6. The quantitative estimate of drug-likeness (QED) is 0.807. The number of hydrogen-bond donors (Lipinski definition) is 2. The van der Waals surface area contributed by atoms with E-state index in [4.69, 9.17) is 9.84 Å². The summed E-state index contributed by atoms with van der Waals surface area (Å²) in [4.78, 5) is 22.9. The summed E-state index contributed by atoms with van der Waals surface area (Å²) >= 11 is 1.08. The molecule has 0 saturated heterocycles. The molecule has 19 heavy (non-hydrogen) atoms. The lowest BCUT2D eigenvalue weighted by atomic mass is 10.2. The molecule has 0 aromatic carbocycles. The van der Waals surface area contributed by atoms with Gasteiger partial charge in [-0.2, -0.15) is 0 Å². The molecule has 0 aliphatic rings. The van der Waals surface area contributed by atoms with Gasteiger partial charge in [-0.1, -0.05) is 13.3 Å². The van der Waals surface area contributed by atoms with Crippen LogP contribution in [0, 0.1) is 0 Å². The van der Waals surface area contributed by atoms with Crippen molar-refractivity contribution < 1.29 is 19.4 Å². The van der Waals surface area contributed by atoms with Crippen molar-refractivity contribution >= 4 is 23.2 Å². The Bertz CT molecular complexity index is 444. The van der Waals surface area contributed by atoms with Gasteiger partial charge in [0.1, 0.15) is 5.75 Å².